The minimum absolute atomic E-state index is 0.00670. The number of amides is 1. The Morgan fingerprint density at radius 3 is 2.72 bits per heavy atom. The molecule has 3 atom stereocenters. The standard InChI is InChI=1S/C24H29NO4/c1-16-7-3-4-8-18(16)23(27)25-14-13-24(28)12-6-5-9-19(24)22(25)17-10-11-20(26)21(15-17)29-2/h3-4,7-8,10-11,15,19,22,26,28H,5-6,9,12-14H2,1-2H3/t19-,22-,24-/m0/s1. The van der Waals surface area contributed by atoms with Crippen LogP contribution in [0.4, 0.5) is 0 Å². The van der Waals surface area contributed by atoms with Crippen molar-refractivity contribution in [2.75, 3.05) is 13.7 Å². The summed E-state index contributed by atoms with van der Waals surface area (Å²) in [5.41, 5.74) is 1.79. The lowest BCUT2D eigenvalue weighted by Crippen LogP contribution is -2.56. The van der Waals surface area contributed by atoms with Gasteiger partial charge in [0.05, 0.1) is 18.8 Å². The van der Waals surface area contributed by atoms with Crippen LogP contribution in [0.15, 0.2) is 42.5 Å². The van der Waals surface area contributed by atoms with Crippen molar-refractivity contribution in [1.82, 2.24) is 4.90 Å². The van der Waals surface area contributed by atoms with Crippen molar-refractivity contribution in [3.8, 4) is 11.5 Å². The van der Waals surface area contributed by atoms with E-state index in [4.69, 9.17) is 4.74 Å². The van der Waals surface area contributed by atoms with Gasteiger partial charge in [-0.2, -0.15) is 0 Å². The molecule has 2 fully saturated rings. The predicted octanol–water partition coefficient (Wildman–Crippen LogP) is 4.22. The molecular formula is C24H29NO4. The average molecular weight is 395 g/mol. The number of methoxy groups -OCH3 is 1. The van der Waals surface area contributed by atoms with Crippen molar-refractivity contribution >= 4 is 5.91 Å². The first-order valence-corrected chi connectivity index (χ1v) is 10.4. The number of nitrogens with zero attached hydrogens (tertiary/aromatic N) is 1. The highest BCUT2D eigenvalue weighted by molar-refractivity contribution is 5.96. The summed E-state index contributed by atoms with van der Waals surface area (Å²) < 4.78 is 5.32. The van der Waals surface area contributed by atoms with E-state index in [1.165, 1.54) is 7.11 Å². The van der Waals surface area contributed by atoms with Crippen molar-refractivity contribution in [2.45, 2.75) is 50.7 Å². The van der Waals surface area contributed by atoms with Gasteiger partial charge in [-0.1, -0.05) is 37.1 Å². The van der Waals surface area contributed by atoms with Gasteiger partial charge in [0.2, 0.25) is 0 Å². The van der Waals surface area contributed by atoms with Gasteiger partial charge in [0.1, 0.15) is 0 Å². The summed E-state index contributed by atoms with van der Waals surface area (Å²) in [4.78, 5) is 15.5. The van der Waals surface area contributed by atoms with E-state index < -0.39 is 5.60 Å². The first kappa shape index (κ1) is 19.8. The summed E-state index contributed by atoms with van der Waals surface area (Å²) in [6.07, 6.45) is 4.31. The van der Waals surface area contributed by atoms with Crippen LogP contribution in [-0.4, -0.2) is 40.3 Å². The molecule has 0 spiro atoms. The molecule has 29 heavy (non-hydrogen) atoms. The third-order valence-corrected chi connectivity index (χ3v) is 6.75. The zero-order chi connectivity index (χ0) is 20.6. The van der Waals surface area contributed by atoms with Crippen LogP contribution >= 0.6 is 0 Å². The molecule has 1 saturated carbocycles. The first-order chi connectivity index (χ1) is 13.9. The van der Waals surface area contributed by atoms with Crippen LogP contribution in [0.2, 0.25) is 0 Å². The Balaban J connectivity index is 1.79. The van der Waals surface area contributed by atoms with Crippen molar-refractivity contribution < 1.29 is 19.7 Å². The fourth-order valence-corrected chi connectivity index (χ4v) is 5.17. The molecule has 0 bridgehead atoms. The molecule has 1 aliphatic heterocycles. The van der Waals surface area contributed by atoms with Gasteiger partial charge in [-0.3, -0.25) is 4.79 Å². The Bertz CT molecular complexity index is 912. The lowest BCUT2D eigenvalue weighted by Gasteiger charge is -2.52. The minimum Gasteiger partial charge on any atom is -0.504 e. The minimum atomic E-state index is -0.753. The molecule has 5 heteroatoms. The summed E-state index contributed by atoms with van der Waals surface area (Å²) in [6.45, 7) is 2.46. The number of hydrogen-bond acceptors (Lipinski definition) is 4. The van der Waals surface area contributed by atoms with E-state index >= 15 is 0 Å². The summed E-state index contributed by atoms with van der Waals surface area (Å²) in [5.74, 6) is 0.415. The second-order valence-corrected chi connectivity index (χ2v) is 8.40. The van der Waals surface area contributed by atoms with E-state index in [2.05, 4.69) is 0 Å². The number of benzene rings is 2. The number of ether oxygens (including phenoxy) is 1. The smallest absolute Gasteiger partial charge is 0.254 e. The number of phenolic OH excluding ortho intramolecular Hbond substituents is 1. The quantitative estimate of drug-likeness (QED) is 0.816. The van der Waals surface area contributed by atoms with Crippen LogP contribution < -0.4 is 4.74 Å². The number of carbonyl (C=O) groups is 1. The molecule has 1 heterocycles. The predicted molar refractivity (Wildman–Crippen MR) is 111 cm³/mol. The summed E-state index contributed by atoms with van der Waals surface area (Å²) in [6, 6.07) is 12.7. The highest BCUT2D eigenvalue weighted by atomic mass is 16.5. The normalized spacial score (nSPS) is 26.7. The Hall–Kier alpha value is -2.53. The molecule has 154 valence electrons. The third-order valence-electron chi connectivity index (χ3n) is 6.75. The largest absolute Gasteiger partial charge is 0.504 e. The van der Waals surface area contributed by atoms with Crippen LogP contribution in [-0.2, 0) is 0 Å². The number of fused-ring (bicyclic) bond motifs is 1. The highest BCUT2D eigenvalue weighted by Crippen LogP contribution is 2.50. The molecule has 1 saturated heterocycles. The molecule has 0 aromatic heterocycles. The van der Waals surface area contributed by atoms with Gasteiger partial charge in [0, 0.05) is 18.0 Å². The second kappa shape index (κ2) is 7.71. The van der Waals surface area contributed by atoms with Gasteiger partial charge in [-0.25, -0.2) is 0 Å². The van der Waals surface area contributed by atoms with Crippen molar-refractivity contribution in [2.24, 2.45) is 5.92 Å². The van der Waals surface area contributed by atoms with Crippen LogP contribution in [0.1, 0.15) is 59.6 Å². The van der Waals surface area contributed by atoms with Gasteiger partial charge >= 0.3 is 0 Å². The van der Waals surface area contributed by atoms with E-state index in [1.54, 1.807) is 12.1 Å². The average Bonchev–Trinajstić information content (AvgIpc) is 2.73. The van der Waals surface area contributed by atoms with E-state index in [1.807, 2.05) is 42.2 Å². The van der Waals surface area contributed by atoms with Crippen molar-refractivity contribution in [1.29, 1.82) is 0 Å². The Morgan fingerprint density at radius 2 is 1.97 bits per heavy atom. The summed E-state index contributed by atoms with van der Waals surface area (Å²) >= 11 is 0. The fraction of sp³-hybridized carbons (Fsp3) is 0.458. The number of aliphatic hydroxyl groups is 1. The molecule has 0 unspecified atom stereocenters. The van der Waals surface area contributed by atoms with Gasteiger partial charge in [-0.05, 0) is 55.5 Å². The number of carbonyl (C=O) groups excluding carboxylic acids is 1. The number of likely N-dealkylation sites (tertiary alicyclic amines) is 1. The molecule has 1 amide bonds. The van der Waals surface area contributed by atoms with E-state index in [-0.39, 0.29) is 23.6 Å². The lowest BCUT2D eigenvalue weighted by molar-refractivity contribution is -0.115. The maximum atomic E-state index is 13.6. The van der Waals surface area contributed by atoms with Gasteiger partial charge in [-0.15, -0.1) is 0 Å². The molecule has 2 aliphatic rings. The maximum Gasteiger partial charge on any atom is 0.254 e. The molecule has 5 nitrogen and oxygen atoms in total. The number of piperidine rings is 1. The summed E-state index contributed by atoms with van der Waals surface area (Å²) in [5, 5.41) is 21.5. The van der Waals surface area contributed by atoms with E-state index in [0.717, 1.165) is 36.8 Å². The topological polar surface area (TPSA) is 70.0 Å². The van der Waals surface area contributed by atoms with Gasteiger partial charge in [0.25, 0.3) is 5.91 Å². The van der Waals surface area contributed by atoms with Crippen molar-refractivity contribution in [3.63, 3.8) is 0 Å². The van der Waals surface area contributed by atoms with Crippen LogP contribution in [0, 0.1) is 12.8 Å². The van der Waals surface area contributed by atoms with E-state index in [9.17, 15) is 15.0 Å². The second-order valence-electron chi connectivity index (χ2n) is 8.40. The summed E-state index contributed by atoms with van der Waals surface area (Å²) in [7, 11) is 1.52. The Kier molecular flexibility index (Phi) is 5.26. The van der Waals surface area contributed by atoms with Crippen LogP contribution in [0.5, 0.6) is 11.5 Å². The van der Waals surface area contributed by atoms with Gasteiger partial charge in [0.15, 0.2) is 11.5 Å². The van der Waals surface area contributed by atoms with Crippen LogP contribution in [0.25, 0.3) is 0 Å². The number of hydrogen-bond donors (Lipinski definition) is 2. The molecule has 4 rings (SSSR count). The molecule has 2 aromatic carbocycles. The number of rotatable bonds is 3. The number of aryl methyl sites for hydroxylation is 1. The zero-order valence-electron chi connectivity index (χ0n) is 17.1. The van der Waals surface area contributed by atoms with Crippen LogP contribution in [0.3, 0.4) is 0 Å². The number of phenols is 1. The molecule has 0 radical (unpaired) electrons. The highest BCUT2D eigenvalue weighted by Gasteiger charge is 2.50. The first-order valence-electron chi connectivity index (χ1n) is 10.4. The molecular weight excluding hydrogens is 366 g/mol. The Labute approximate surface area is 171 Å². The molecule has 2 N–H and O–H groups in total. The lowest BCUT2D eigenvalue weighted by atomic mass is 9.66. The van der Waals surface area contributed by atoms with Crippen molar-refractivity contribution in [3.05, 3.63) is 59.2 Å². The van der Waals surface area contributed by atoms with E-state index in [0.29, 0.717) is 24.3 Å². The maximum absolute atomic E-state index is 13.6. The Morgan fingerprint density at radius 1 is 1.17 bits per heavy atom. The SMILES string of the molecule is COc1cc([C@H]2[C@@H]3CCCC[C@]3(O)CCN2C(=O)c2ccccc2C)ccc1O. The van der Waals surface area contributed by atoms with Gasteiger partial charge < -0.3 is 19.8 Å². The molecule has 2 aromatic rings. The number of aromatic hydroxyl groups is 1. The third kappa shape index (κ3) is 3.48. The molecule has 1 aliphatic carbocycles. The zero-order valence-corrected chi connectivity index (χ0v) is 17.1. The monoisotopic (exact) mass is 395 g/mol. The fourth-order valence-electron chi connectivity index (χ4n) is 5.17.